The predicted molar refractivity (Wildman–Crippen MR) is 76.2 cm³/mol. The molecule has 1 aromatic rings. The molecule has 1 aliphatic rings. The van der Waals surface area contributed by atoms with Crippen LogP contribution in [-0.4, -0.2) is 41.2 Å². The molecular weight excluding hydrogens is 256 g/mol. The Kier molecular flexibility index (Phi) is 4.62. The van der Waals surface area contributed by atoms with Gasteiger partial charge in [0.2, 0.25) is 5.91 Å². The van der Waals surface area contributed by atoms with Crippen molar-refractivity contribution in [3.63, 3.8) is 0 Å². The van der Waals surface area contributed by atoms with E-state index in [9.17, 15) is 9.90 Å². The van der Waals surface area contributed by atoms with E-state index in [-0.39, 0.29) is 23.9 Å². The van der Waals surface area contributed by atoms with E-state index in [0.717, 1.165) is 18.4 Å². The number of phenolic OH excluding ortho intramolecular Hbond substituents is 1. The van der Waals surface area contributed by atoms with E-state index in [4.69, 9.17) is 10.5 Å². The molecule has 20 heavy (non-hydrogen) atoms. The zero-order valence-corrected chi connectivity index (χ0v) is 11.8. The van der Waals surface area contributed by atoms with Crippen LogP contribution in [0.4, 0.5) is 0 Å². The summed E-state index contributed by atoms with van der Waals surface area (Å²) in [4.78, 5) is 13.7. The Labute approximate surface area is 119 Å². The first-order chi connectivity index (χ1) is 9.52. The van der Waals surface area contributed by atoms with Crippen molar-refractivity contribution in [2.75, 3.05) is 19.7 Å². The lowest BCUT2D eigenvalue weighted by atomic mass is 9.97. The number of phenols is 1. The number of hydrogen-bond acceptors (Lipinski definition) is 4. The molecule has 1 unspecified atom stereocenters. The molecule has 0 aliphatic carbocycles. The second-order valence-electron chi connectivity index (χ2n) is 5.55. The Hall–Kier alpha value is -1.59. The van der Waals surface area contributed by atoms with Crippen LogP contribution in [0.3, 0.4) is 0 Å². The van der Waals surface area contributed by atoms with Gasteiger partial charge in [-0.2, -0.15) is 0 Å². The van der Waals surface area contributed by atoms with Crippen molar-refractivity contribution in [3.8, 4) is 5.75 Å². The fourth-order valence-corrected chi connectivity index (χ4v) is 2.51. The third-order valence-electron chi connectivity index (χ3n) is 3.62. The molecule has 0 aromatic heterocycles. The maximum absolute atomic E-state index is 12.0. The van der Waals surface area contributed by atoms with Gasteiger partial charge in [0, 0.05) is 13.1 Å². The van der Waals surface area contributed by atoms with Crippen LogP contribution >= 0.6 is 0 Å². The summed E-state index contributed by atoms with van der Waals surface area (Å²) in [5, 5.41) is 9.49. The number of carbonyl (C=O) groups excluding carboxylic acids is 1. The highest BCUT2D eigenvalue weighted by molar-refractivity contribution is 5.78. The van der Waals surface area contributed by atoms with E-state index >= 15 is 0 Å². The van der Waals surface area contributed by atoms with Gasteiger partial charge in [-0.1, -0.05) is 12.1 Å². The van der Waals surface area contributed by atoms with E-state index in [1.165, 1.54) is 0 Å². The van der Waals surface area contributed by atoms with Crippen molar-refractivity contribution in [1.29, 1.82) is 0 Å². The Bertz CT molecular complexity index is 478. The van der Waals surface area contributed by atoms with Crippen LogP contribution in [0.25, 0.3) is 0 Å². The van der Waals surface area contributed by atoms with Crippen molar-refractivity contribution >= 4 is 5.91 Å². The van der Waals surface area contributed by atoms with Crippen molar-refractivity contribution in [2.24, 2.45) is 5.73 Å². The van der Waals surface area contributed by atoms with Crippen LogP contribution in [0.15, 0.2) is 24.3 Å². The maximum Gasteiger partial charge on any atom is 0.248 e. The Morgan fingerprint density at radius 3 is 3.00 bits per heavy atom. The number of carbonyl (C=O) groups is 1. The monoisotopic (exact) mass is 278 g/mol. The van der Waals surface area contributed by atoms with Crippen molar-refractivity contribution in [2.45, 2.75) is 31.9 Å². The molecule has 0 spiro atoms. The molecule has 1 saturated heterocycles. The third-order valence-corrected chi connectivity index (χ3v) is 3.62. The number of benzene rings is 1. The first kappa shape index (κ1) is 14.8. The summed E-state index contributed by atoms with van der Waals surface area (Å²) >= 11 is 0. The minimum atomic E-state index is -0.329. The molecule has 2 rings (SSSR count). The van der Waals surface area contributed by atoms with Crippen LogP contribution in [0.1, 0.15) is 25.3 Å². The van der Waals surface area contributed by atoms with E-state index < -0.39 is 0 Å². The van der Waals surface area contributed by atoms with E-state index in [1.54, 1.807) is 23.1 Å². The van der Waals surface area contributed by atoms with Crippen LogP contribution < -0.4 is 5.73 Å². The summed E-state index contributed by atoms with van der Waals surface area (Å²) in [6, 6.07) is 6.98. The fourth-order valence-electron chi connectivity index (χ4n) is 2.51. The minimum absolute atomic E-state index is 0.0152. The molecule has 1 heterocycles. The lowest BCUT2D eigenvalue weighted by molar-refractivity contribution is -0.163. The SMILES string of the molecule is CC1(CCCN)CN(Cc2cccc(O)c2)C(=O)CO1. The number of nitrogens with zero attached hydrogens (tertiary/aromatic N) is 1. The summed E-state index contributed by atoms with van der Waals surface area (Å²) in [5.41, 5.74) is 6.13. The summed E-state index contributed by atoms with van der Waals surface area (Å²) in [6.07, 6.45) is 1.72. The van der Waals surface area contributed by atoms with Gasteiger partial charge in [-0.3, -0.25) is 4.79 Å². The second kappa shape index (κ2) is 6.24. The molecule has 0 saturated carbocycles. The first-order valence-electron chi connectivity index (χ1n) is 6.92. The zero-order valence-electron chi connectivity index (χ0n) is 11.8. The molecule has 110 valence electrons. The van der Waals surface area contributed by atoms with Crippen LogP contribution in [0.2, 0.25) is 0 Å². The summed E-state index contributed by atoms with van der Waals surface area (Å²) in [5.74, 6) is 0.202. The molecule has 1 atom stereocenters. The zero-order chi connectivity index (χ0) is 14.6. The molecule has 1 aromatic carbocycles. The highest BCUT2D eigenvalue weighted by Gasteiger charge is 2.35. The number of rotatable bonds is 5. The van der Waals surface area contributed by atoms with Gasteiger partial charge >= 0.3 is 0 Å². The summed E-state index contributed by atoms with van der Waals surface area (Å²) < 4.78 is 5.68. The molecule has 5 nitrogen and oxygen atoms in total. The molecule has 0 radical (unpaired) electrons. The van der Waals surface area contributed by atoms with Crippen LogP contribution in [0, 0.1) is 0 Å². The average molecular weight is 278 g/mol. The first-order valence-corrected chi connectivity index (χ1v) is 6.92. The van der Waals surface area contributed by atoms with Gasteiger partial charge in [0.05, 0.1) is 5.60 Å². The molecule has 3 N–H and O–H groups in total. The van der Waals surface area contributed by atoms with Crippen molar-refractivity contribution in [1.82, 2.24) is 4.90 Å². The van der Waals surface area contributed by atoms with Crippen LogP contribution in [0.5, 0.6) is 5.75 Å². The van der Waals surface area contributed by atoms with Crippen molar-refractivity contribution < 1.29 is 14.6 Å². The second-order valence-corrected chi connectivity index (χ2v) is 5.55. The lowest BCUT2D eigenvalue weighted by Gasteiger charge is -2.40. The lowest BCUT2D eigenvalue weighted by Crippen LogP contribution is -2.52. The van der Waals surface area contributed by atoms with Gasteiger partial charge < -0.3 is 20.5 Å². The number of aromatic hydroxyl groups is 1. The smallest absolute Gasteiger partial charge is 0.248 e. The number of morpholine rings is 1. The fraction of sp³-hybridized carbons (Fsp3) is 0.533. The molecule has 1 amide bonds. The quantitative estimate of drug-likeness (QED) is 0.850. The summed E-state index contributed by atoms with van der Waals surface area (Å²) in [7, 11) is 0. The normalized spacial score (nSPS) is 23.1. The van der Waals surface area contributed by atoms with Gasteiger partial charge in [0.15, 0.2) is 0 Å². The van der Waals surface area contributed by atoms with E-state index in [0.29, 0.717) is 19.6 Å². The molecule has 1 aliphatic heterocycles. The van der Waals surface area contributed by atoms with E-state index in [2.05, 4.69) is 0 Å². The molecular formula is C15H22N2O3. The number of nitrogens with two attached hydrogens (primary N) is 1. The maximum atomic E-state index is 12.0. The Morgan fingerprint density at radius 2 is 2.30 bits per heavy atom. The van der Waals surface area contributed by atoms with Gasteiger partial charge in [0.1, 0.15) is 12.4 Å². The van der Waals surface area contributed by atoms with Gasteiger partial charge in [-0.25, -0.2) is 0 Å². The highest BCUT2D eigenvalue weighted by atomic mass is 16.5. The van der Waals surface area contributed by atoms with Crippen LogP contribution in [-0.2, 0) is 16.1 Å². The van der Waals surface area contributed by atoms with Crippen molar-refractivity contribution in [3.05, 3.63) is 29.8 Å². The number of amides is 1. The third kappa shape index (κ3) is 3.71. The average Bonchev–Trinajstić information content (AvgIpc) is 2.41. The summed E-state index contributed by atoms with van der Waals surface area (Å²) in [6.45, 7) is 3.81. The number of ether oxygens (including phenoxy) is 1. The molecule has 5 heteroatoms. The van der Waals surface area contributed by atoms with Gasteiger partial charge in [-0.05, 0) is 44.0 Å². The highest BCUT2D eigenvalue weighted by Crippen LogP contribution is 2.25. The number of hydrogen-bond donors (Lipinski definition) is 2. The van der Waals surface area contributed by atoms with Gasteiger partial charge in [0.25, 0.3) is 0 Å². The topological polar surface area (TPSA) is 75.8 Å². The predicted octanol–water partition coefficient (Wildman–Crippen LogP) is 1.25. The molecule has 0 bridgehead atoms. The Balaban J connectivity index is 2.03. The standard InChI is InChI=1S/C15H22N2O3/c1-15(6-3-7-16)11-17(14(19)10-20-15)9-12-4-2-5-13(18)8-12/h2,4-5,8,18H,3,6-7,9-11,16H2,1H3. The van der Waals surface area contributed by atoms with Gasteiger partial charge in [-0.15, -0.1) is 0 Å². The Morgan fingerprint density at radius 1 is 1.50 bits per heavy atom. The minimum Gasteiger partial charge on any atom is -0.508 e. The molecule has 1 fully saturated rings. The van der Waals surface area contributed by atoms with E-state index in [1.807, 2.05) is 13.0 Å². The largest absolute Gasteiger partial charge is 0.508 e.